The Morgan fingerprint density at radius 3 is 2.62 bits per heavy atom. The third-order valence-electron chi connectivity index (χ3n) is 3.09. The van der Waals surface area contributed by atoms with Gasteiger partial charge in [-0.1, -0.05) is 6.07 Å². The van der Waals surface area contributed by atoms with E-state index < -0.39 is 17.6 Å². The summed E-state index contributed by atoms with van der Waals surface area (Å²) in [6, 6.07) is 6.45. The fourth-order valence-electron chi connectivity index (χ4n) is 1.82. The highest BCUT2D eigenvalue weighted by atomic mass is 79.9. The normalized spacial score (nSPS) is 10.7. The molecule has 7 nitrogen and oxygen atoms in total. The molecule has 0 aliphatic rings. The molecule has 2 aromatic rings. The summed E-state index contributed by atoms with van der Waals surface area (Å²) < 4.78 is 13.4. The van der Waals surface area contributed by atoms with Gasteiger partial charge in [-0.3, -0.25) is 9.59 Å². The first-order chi connectivity index (χ1) is 12.3. The standard InChI is InChI=1S/C16H12Br2FN3O4/c17-11-5-9(14(24)13(18)15(11)25)6-21-22-12(23)7-20-16(26)8-2-1-3-10(19)4-8/h1-6,24-25H,7H2,(H,20,26)(H,22,23). The SMILES string of the molecule is O=C(CNC(=O)c1cccc(F)c1)NN=Cc1cc(Br)c(O)c(Br)c1O. The van der Waals surface area contributed by atoms with Crippen LogP contribution in [0.1, 0.15) is 15.9 Å². The topological polar surface area (TPSA) is 111 Å². The number of carbonyl (C=O) groups excluding carboxylic acids is 2. The van der Waals surface area contributed by atoms with Crippen molar-refractivity contribution in [2.75, 3.05) is 6.54 Å². The number of amides is 2. The number of hydrazone groups is 1. The lowest BCUT2D eigenvalue weighted by molar-refractivity contribution is -0.120. The summed E-state index contributed by atoms with van der Waals surface area (Å²) in [6.45, 7) is -0.373. The van der Waals surface area contributed by atoms with Gasteiger partial charge in [0.15, 0.2) is 0 Å². The number of phenolic OH excluding ortho intramolecular Hbond substituents is 2. The van der Waals surface area contributed by atoms with Crippen molar-refractivity contribution in [3.05, 3.63) is 56.2 Å². The average Bonchev–Trinajstić information content (AvgIpc) is 2.62. The number of nitrogens with one attached hydrogen (secondary N) is 2. The molecule has 26 heavy (non-hydrogen) atoms. The first-order valence-corrected chi connectivity index (χ1v) is 8.63. The van der Waals surface area contributed by atoms with Crippen molar-refractivity contribution in [2.45, 2.75) is 0 Å². The molecule has 0 saturated carbocycles. The number of carbonyl (C=O) groups is 2. The van der Waals surface area contributed by atoms with Gasteiger partial charge in [0.1, 0.15) is 21.8 Å². The van der Waals surface area contributed by atoms with Gasteiger partial charge in [-0.25, -0.2) is 9.82 Å². The Morgan fingerprint density at radius 2 is 1.92 bits per heavy atom. The zero-order valence-corrected chi connectivity index (χ0v) is 16.1. The monoisotopic (exact) mass is 487 g/mol. The highest BCUT2D eigenvalue weighted by molar-refractivity contribution is 9.11. The number of hydrogen-bond donors (Lipinski definition) is 4. The fourth-order valence-corrected chi connectivity index (χ4v) is 2.97. The van der Waals surface area contributed by atoms with Crippen molar-refractivity contribution in [3.8, 4) is 11.5 Å². The second-order valence-electron chi connectivity index (χ2n) is 4.95. The van der Waals surface area contributed by atoms with E-state index in [1.807, 2.05) is 0 Å². The molecule has 2 aromatic carbocycles. The Balaban J connectivity index is 1.91. The third-order valence-corrected chi connectivity index (χ3v) is 4.44. The molecule has 0 spiro atoms. The van der Waals surface area contributed by atoms with Crippen LogP contribution in [0.25, 0.3) is 0 Å². The van der Waals surface area contributed by atoms with Gasteiger partial charge in [-0.05, 0) is 56.1 Å². The number of halogens is 3. The average molecular weight is 489 g/mol. The predicted octanol–water partition coefficient (Wildman–Crippen LogP) is 2.64. The summed E-state index contributed by atoms with van der Waals surface area (Å²) in [5, 5.41) is 25.5. The summed E-state index contributed by atoms with van der Waals surface area (Å²) in [5.74, 6) is -2.22. The second kappa shape index (κ2) is 8.77. The van der Waals surface area contributed by atoms with Gasteiger partial charge in [-0.2, -0.15) is 5.10 Å². The molecule has 0 aliphatic carbocycles. The summed E-state index contributed by atoms with van der Waals surface area (Å²) in [4.78, 5) is 23.5. The molecule has 0 atom stereocenters. The van der Waals surface area contributed by atoms with Gasteiger partial charge < -0.3 is 15.5 Å². The van der Waals surface area contributed by atoms with Crippen LogP contribution in [0, 0.1) is 5.82 Å². The molecule has 0 bridgehead atoms. The zero-order chi connectivity index (χ0) is 19.3. The summed E-state index contributed by atoms with van der Waals surface area (Å²) in [5.41, 5.74) is 2.48. The Hall–Kier alpha value is -2.46. The van der Waals surface area contributed by atoms with Crippen molar-refractivity contribution in [1.29, 1.82) is 0 Å². The van der Waals surface area contributed by atoms with Gasteiger partial charge in [0.2, 0.25) is 0 Å². The Bertz CT molecular complexity index is 890. The lowest BCUT2D eigenvalue weighted by atomic mass is 10.2. The maximum absolute atomic E-state index is 13.0. The molecule has 0 aromatic heterocycles. The second-order valence-corrected chi connectivity index (χ2v) is 6.59. The Kier molecular flexibility index (Phi) is 6.70. The number of aromatic hydroxyl groups is 2. The number of nitrogens with zero attached hydrogens (tertiary/aromatic N) is 1. The van der Waals surface area contributed by atoms with Crippen LogP contribution in [0.5, 0.6) is 11.5 Å². The molecular weight excluding hydrogens is 477 g/mol. The van der Waals surface area contributed by atoms with Crippen molar-refractivity contribution in [2.24, 2.45) is 5.10 Å². The van der Waals surface area contributed by atoms with Crippen LogP contribution in [0.2, 0.25) is 0 Å². The molecule has 136 valence electrons. The maximum atomic E-state index is 13.0. The molecule has 0 heterocycles. The highest BCUT2D eigenvalue weighted by Gasteiger charge is 2.13. The van der Waals surface area contributed by atoms with Crippen LogP contribution in [-0.2, 0) is 4.79 Å². The smallest absolute Gasteiger partial charge is 0.259 e. The number of benzene rings is 2. The van der Waals surface area contributed by atoms with E-state index in [-0.39, 0.29) is 33.6 Å². The van der Waals surface area contributed by atoms with E-state index >= 15 is 0 Å². The summed E-state index contributed by atoms with van der Waals surface area (Å²) in [7, 11) is 0. The van der Waals surface area contributed by atoms with Gasteiger partial charge in [-0.15, -0.1) is 0 Å². The van der Waals surface area contributed by atoms with Gasteiger partial charge >= 0.3 is 0 Å². The lowest BCUT2D eigenvalue weighted by Gasteiger charge is -2.06. The third kappa shape index (κ3) is 5.02. The van der Waals surface area contributed by atoms with E-state index in [1.54, 1.807) is 0 Å². The summed E-state index contributed by atoms with van der Waals surface area (Å²) >= 11 is 6.12. The molecule has 0 radical (unpaired) electrons. The zero-order valence-electron chi connectivity index (χ0n) is 13.0. The first-order valence-electron chi connectivity index (χ1n) is 7.05. The molecule has 2 amide bonds. The van der Waals surface area contributed by atoms with E-state index in [9.17, 15) is 24.2 Å². The molecule has 10 heteroatoms. The number of hydrogen-bond acceptors (Lipinski definition) is 5. The van der Waals surface area contributed by atoms with Gasteiger partial charge in [0.25, 0.3) is 11.8 Å². The first kappa shape index (κ1) is 19.9. The van der Waals surface area contributed by atoms with Crippen LogP contribution >= 0.6 is 31.9 Å². The van der Waals surface area contributed by atoms with Gasteiger partial charge in [0.05, 0.1) is 17.2 Å². The minimum atomic E-state index is -0.623. The van der Waals surface area contributed by atoms with Crippen LogP contribution in [0.4, 0.5) is 4.39 Å². The fraction of sp³-hybridized carbons (Fsp3) is 0.0625. The van der Waals surface area contributed by atoms with Gasteiger partial charge in [0, 0.05) is 11.1 Å². The van der Waals surface area contributed by atoms with Crippen LogP contribution in [-0.4, -0.2) is 34.8 Å². The molecule has 0 unspecified atom stereocenters. The minimum Gasteiger partial charge on any atom is -0.506 e. The van der Waals surface area contributed by atoms with E-state index in [1.165, 1.54) is 24.3 Å². The number of phenols is 2. The molecule has 0 saturated heterocycles. The van der Waals surface area contributed by atoms with Crippen LogP contribution in [0.3, 0.4) is 0 Å². The lowest BCUT2D eigenvalue weighted by Crippen LogP contribution is -2.34. The van der Waals surface area contributed by atoms with Crippen molar-refractivity contribution < 1.29 is 24.2 Å². The quantitative estimate of drug-likeness (QED) is 0.383. The van der Waals surface area contributed by atoms with Crippen molar-refractivity contribution in [3.63, 3.8) is 0 Å². The predicted molar refractivity (Wildman–Crippen MR) is 99.6 cm³/mol. The van der Waals surface area contributed by atoms with Crippen molar-refractivity contribution >= 4 is 49.9 Å². The van der Waals surface area contributed by atoms with E-state index in [4.69, 9.17) is 0 Å². The molecule has 4 N–H and O–H groups in total. The molecular formula is C16H12Br2FN3O4. The molecule has 2 rings (SSSR count). The van der Waals surface area contributed by atoms with Crippen LogP contribution < -0.4 is 10.7 Å². The van der Waals surface area contributed by atoms with E-state index in [2.05, 4.69) is 47.7 Å². The Labute approximate surface area is 164 Å². The number of rotatable bonds is 5. The highest BCUT2D eigenvalue weighted by Crippen LogP contribution is 2.40. The van der Waals surface area contributed by atoms with Crippen LogP contribution in [0.15, 0.2) is 44.4 Å². The largest absolute Gasteiger partial charge is 0.506 e. The Morgan fingerprint density at radius 1 is 1.19 bits per heavy atom. The van der Waals surface area contributed by atoms with Crippen molar-refractivity contribution in [1.82, 2.24) is 10.7 Å². The van der Waals surface area contributed by atoms with E-state index in [0.29, 0.717) is 4.47 Å². The molecule has 0 aliphatic heterocycles. The molecule has 0 fully saturated rings. The van der Waals surface area contributed by atoms with E-state index in [0.717, 1.165) is 12.3 Å². The minimum absolute atomic E-state index is 0.0713. The maximum Gasteiger partial charge on any atom is 0.259 e. The summed E-state index contributed by atoms with van der Waals surface area (Å²) in [6.07, 6.45) is 1.16.